The van der Waals surface area contributed by atoms with E-state index in [0.29, 0.717) is 0 Å². The molecular weight excluding hydrogens is 230 g/mol. The summed E-state index contributed by atoms with van der Waals surface area (Å²) in [6, 6.07) is 0.129. The minimum atomic E-state index is -0.492. The Morgan fingerprint density at radius 3 is 2.56 bits per heavy atom. The molecule has 0 aromatic heterocycles. The molecule has 0 spiro atoms. The summed E-state index contributed by atoms with van der Waals surface area (Å²) in [7, 11) is 0. The molecule has 2 rings (SSSR count). The van der Waals surface area contributed by atoms with E-state index in [4.69, 9.17) is 4.74 Å². The number of Topliss-reactive ketones (excluding diaryl/α,β-unsaturated/α-hetero) is 1. The molecule has 4 heteroatoms. The summed E-state index contributed by atoms with van der Waals surface area (Å²) in [5, 5.41) is 0. The molecule has 4 nitrogen and oxygen atoms in total. The van der Waals surface area contributed by atoms with Gasteiger partial charge in [0, 0.05) is 11.6 Å². The number of hydrogen-bond acceptors (Lipinski definition) is 3. The Morgan fingerprint density at radius 1 is 1.33 bits per heavy atom. The van der Waals surface area contributed by atoms with Crippen LogP contribution in [0.15, 0.2) is 11.6 Å². The van der Waals surface area contributed by atoms with Crippen molar-refractivity contribution in [2.45, 2.75) is 64.6 Å². The standard InChI is InChI=1S/C14H21NO3/c1-9(16)11-7-5-10-6-8-12(11)15(10)13(17)18-14(2,3)4/h7,10,12H,5-6,8H2,1-4H3/t10-,12-/m1/s1. The van der Waals surface area contributed by atoms with Gasteiger partial charge in [0.25, 0.3) is 0 Å². The van der Waals surface area contributed by atoms with E-state index < -0.39 is 5.60 Å². The van der Waals surface area contributed by atoms with Crippen molar-refractivity contribution in [2.24, 2.45) is 0 Å². The molecule has 2 heterocycles. The monoisotopic (exact) mass is 251 g/mol. The van der Waals surface area contributed by atoms with Gasteiger partial charge < -0.3 is 4.74 Å². The van der Waals surface area contributed by atoms with E-state index in [2.05, 4.69) is 0 Å². The number of nitrogens with zero attached hydrogens (tertiary/aromatic N) is 1. The van der Waals surface area contributed by atoms with E-state index in [9.17, 15) is 9.59 Å². The van der Waals surface area contributed by atoms with Gasteiger partial charge >= 0.3 is 6.09 Å². The largest absolute Gasteiger partial charge is 0.444 e. The molecule has 2 aliphatic rings. The maximum atomic E-state index is 12.2. The third kappa shape index (κ3) is 2.42. The summed E-state index contributed by atoms with van der Waals surface area (Å²) >= 11 is 0. The average Bonchev–Trinajstić information content (AvgIpc) is 2.49. The minimum Gasteiger partial charge on any atom is -0.444 e. The highest BCUT2D eigenvalue weighted by Crippen LogP contribution is 2.37. The van der Waals surface area contributed by atoms with Crippen LogP contribution in [0.1, 0.15) is 47.0 Å². The molecule has 1 saturated heterocycles. The van der Waals surface area contributed by atoms with Crippen LogP contribution in [0.2, 0.25) is 0 Å². The highest BCUT2D eigenvalue weighted by molar-refractivity contribution is 5.95. The van der Waals surface area contributed by atoms with Gasteiger partial charge in [0.15, 0.2) is 5.78 Å². The van der Waals surface area contributed by atoms with Crippen molar-refractivity contribution in [3.05, 3.63) is 11.6 Å². The molecule has 1 fully saturated rings. The maximum Gasteiger partial charge on any atom is 0.411 e. The number of rotatable bonds is 1. The second-order valence-corrected chi connectivity index (χ2v) is 6.09. The van der Waals surface area contributed by atoms with Gasteiger partial charge in [-0.2, -0.15) is 0 Å². The molecule has 0 N–H and O–H groups in total. The first-order valence-corrected chi connectivity index (χ1v) is 6.52. The van der Waals surface area contributed by atoms with Crippen molar-refractivity contribution >= 4 is 11.9 Å². The first-order chi connectivity index (χ1) is 8.29. The molecule has 1 amide bonds. The Morgan fingerprint density at radius 2 is 2.00 bits per heavy atom. The minimum absolute atomic E-state index is 0.0638. The lowest BCUT2D eigenvalue weighted by Gasteiger charge is -2.35. The molecule has 2 aliphatic heterocycles. The second-order valence-electron chi connectivity index (χ2n) is 6.09. The molecule has 0 aliphatic carbocycles. The lowest BCUT2D eigenvalue weighted by Crippen LogP contribution is -2.47. The third-order valence-corrected chi connectivity index (χ3v) is 3.48. The van der Waals surface area contributed by atoms with Gasteiger partial charge in [-0.1, -0.05) is 6.08 Å². The molecule has 0 radical (unpaired) electrons. The number of ether oxygens (including phenoxy) is 1. The summed E-state index contributed by atoms with van der Waals surface area (Å²) < 4.78 is 5.43. The van der Waals surface area contributed by atoms with E-state index in [1.54, 1.807) is 11.8 Å². The zero-order chi connectivity index (χ0) is 13.5. The molecule has 2 bridgehead atoms. The summed E-state index contributed by atoms with van der Waals surface area (Å²) in [4.78, 5) is 25.6. The molecule has 18 heavy (non-hydrogen) atoms. The lowest BCUT2D eigenvalue weighted by atomic mass is 9.98. The van der Waals surface area contributed by atoms with Crippen LogP contribution in [-0.4, -0.2) is 34.5 Å². The highest BCUT2D eigenvalue weighted by Gasteiger charge is 2.43. The van der Waals surface area contributed by atoms with Gasteiger partial charge in [-0.3, -0.25) is 9.69 Å². The summed E-state index contributed by atoms with van der Waals surface area (Å²) in [5.74, 6) is 0.0638. The van der Waals surface area contributed by atoms with Gasteiger partial charge in [-0.15, -0.1) is 0 Å². The first-order valence-electron chi connectivity index (χ1n) is 6.52. The first kappa shape index (κ1) is 13.1. The van der Waals surface area contributed by atoms with E-state index >= 15 is 0 Å². The van der Waals surface area contributed by atoms with Crippen LogP contribution < -0.4 is 0 Å². The number of fused-ring (bicyclic) bond motifs is 2. The van der Waals surface area contributed by atoms with E-state index in [-0.39, 0.29) is 24.0 Å². The number of amides is 1. The Kier molecular flexibility index (Phi) is 3.21. The molecule has 2 atom stereocenters. The fraction of sp³-hybridized carbons (Fsp3) is 0.714. The van der Waals surface area contributed by atoms with E-state index in [0.717, 1.165) is 24.8 Å². The van der Waals surface area contributed by atoms with Crippen molar-refractivity contribution < 1.29 is 14.3 Å². The second kappa shape index (κ2) is 4.41. The SMILES string of the molecule is CC(=O)C1=CC[C@@H]2CC[C@H]1N2C(=O)OC(C)(C)C. The molecule has 0 saturated carbocycles. The lowest BCUT2D eigenvalue weighted by molar-refractivity contribution is -0.114. The Hall–Kier alpha value is -1.32. The van der Waals surface area contributed by atoms with E-state index in [1.165, 1.54) is 0 Å². The predicted molar refractivity (Wildman–Crippen MR) is 68.3 cm³/mol. The molecule has 0 aromatic carbocycles. The number of hydrogen-bond donors (Lipinski definition) is 0. The van der Waals surface area contributed by atoms with Crippen LogP contribution in [0.25, 0.3) is 0 Å². The van der Waals surface area contributed by atoms with Crippen LogP contribution in [0.3, 0.4) is 0 Å². The van der Waals surface area contributed by atoms with Gasteiger partial charge in [0.1, 0.15) is 5.60 Å². The quantitative estimate of drug-likeness (QED) is 0.719. The maximum absolute atomic E-state index is 12.2. The highest BCUT2D eigenvalue weighted by atomic mass is 16.6. The van der Waals surface area contributed by atoms with Crippen LogP contribution in [-0.2, 0) is 9.53 Å². The molecular formula is C14H21NO3. The smallest absolute Gasteiger partial charge is 0.411 e. The zero-order valence-corrected chi connectivity index (χ0v) is 11.5. The third-order valence-electron chi connectivity index (χ3n) is 3.48. The van der Waals surface area contributed by atoms with Crippen LogP contribution >= 0.6 is 0 Å². The van der Waals surface area contributed by atoms with Crippen molar-refractivity contribution in [1.82, 2.24) is 4.90 Å². The zero-order valence-electron chi connectivity index (χ0n) is 11.5. The summed E-state index contributed by atoms with van der Waals surface area (Å²) in [6.45, 7) is 7.15. The number of carbonyl (C=O) groups is 2. The van der Waals surface area contributed by atoms with Crippen molar-refractivity contribution in [2.75, 3.05) is 0 Å². The normalized spacial score (nSPS) is 26.9. The predicted octanol–water partition coefficient (Wildman–Crippen LogP) is 2.67. The fourth-order valence-electron chi connectivity index (χ4n) is 2.79. The summed E-state index contributed by atoms with van der Waals surface area (Å²) in [6.07, 6.45) is 4.30. The van der Waals surface area contributed by atoms with Crippen molar-refractivity contribution in [1.29, 1.82) is 0 Å². The van der Waals surface area contributed by atoms with E-state index in [1.807, 2.05) is 26.8 Å². The summed E-state index contributed by atoms with van der Waals surface area (Å²) in [5.41, 5.74) is 0.281. The molecule has 0 unspecified atom stereocenters. The van der Waals surface area contributed by atoms with Crippen LogP contribution in [0, 0.1) is 0 Å². The Balaban J connectivity index is 2.18. The van der Waals surface area contributed by atoms with Gasteiger partial charge in [0.2, 0.25) is 0 Å². The fourth-order valence-corrected chi connectivity index (χ4v) is 2.79. The Bertz CT molecular complexity index is 406. The molecule has 100 valence electrons. The van der Waals surface area contributed by atoms with Gasteiger partial charge in [-0.05, 0) is 47.0 Å². The topological polar surface area (TPSA) is 46.6 Å². The van der Waals surface area contributed by atoms with Crippen LogP contribution in [0.5, 0.6) is 0 Å². The van der Waals surface area contributed by atoms with Crippen LogP contribution in [0.4, 0.5) is 4.79 Å². The van der Waals surface area contributed by atoms with Crippen molar-refractivity contribution in [3.63, 3.8) is 0 Å². The molecule has 0 aromatic rings. The Labute approximate surface area is 108 Å². The number of carbonyl (C=O) groups excluding carboxylic acids is 2. The number of ketones is 1. The van der Waals surface area contributed by atoms with Crippen molar-refractivity contribution in [3.8, 4) is 0 Å². The van der Waals surface area contributed by atoms with Gasteiger partial charge in [0.05, 0.1) is 6.04 Å². The average molecular weight is 251 g/mol. The van der Waals surface area contributed by atoms with Gasteiger partial charge in [-0.25, -0.2) is 4.79 Å².